The summed E-state index contributed by atoms with van der Waals surface area (Å²) >= 11 is 1.76. The maximum atomic E-state index is 6.00. The van der Waals surface area contributed by atoms with Crippen molar-refractivity contribution in [2.75, 3.05) is 6.54 Å². The third-order valence-electron chi connectivity index (χ3n) is 3.91. The van der Waals surface area contributed by atoms with Crippen molar-refractivity contribution in [1.82, 2.24) is 15.1 Å². The molecule has 138 valence electrons. The maximum Gasteiger partial charge on any atom is 0.188 e. The van der Waals surface area contributed by atoms with Gasteiger partial charge in [-0.15, -0.1) is 35.3 Å². The van der Waals surface area contributed by atoms with Crippen molar-refractivity contribution < 1.29 is 0 Å². The Kier molecular flexibility index (Phi) is 7.65. The van der Waals surface area contributed by atoms with Crippen LogP contribution in [0.5, 0.6) is 0 Å². The molecule has 26 heavy (non-hydrogen) atoms. The van der Waals surface area contributed by atoms with Crippen LogP contribution in [0.3, 0.4) is 0 Å². The summed E-state index contributed by atoms with van der Waals surface area (Å²) in [6, 6.07) is 14.4. The van der Waals surface area contributed by atoms with E-state index in [1.807, 2.05) is 23.7 Å². The van der Waals surface area contributed by atoms with Crippen LogP contribution in [0.2, 0.25) is 0 Å². The molecule has 3 aromatic rings. The second kappa shape index (κ2) is 9.72. The highest BCUT2D eigenvalue weighted by atomic mass is 127. The quantitative estimate of drug-likeness (QED) is 0.320. The second-order valence-corrected chi connectivity index (χ2v) is 6.96. The molecule has 0 unspecified atom stereocenters. The number of nitrogens with zero attached hydrogens (tertiary/aromatic N) is 3. The first-order valence-corrected chi connectivity index (χ1v) is 9.19. The molecule has 0 aliphatic carbocycles. The van der Waals surface area contributed by atoms with E-state index >= 15 is 0 Å². The van der Waals surface area contributed by atoms with Gasteiger partial charge in [0.1, 0.15) is 0 Å². The predicted molar refractivity (Wildman–Crippen MR) is 120 cm³/mol. The minimum Gasteiger partial charge on any atom is -0.370 e. The van der Waals surface area contributed by atoms with Crippen molar-refractivity contribution in [3.63, 3.8) is 0 Å². The normalized spacial score (nSPS) is 11.2. The molecule has 3 N–H and O–H groups in total. The maximum absolute atomic E-state index is 6.00. The van der Waals surface area contributed by atoms with E-state index in [4.69, 9.17) is 5.73 Å². The molecule has 0 atom stereocenters. The van der Waals surface area contributed by atoms with Crippen LogP contribution in [-0.4, -0.2) is 22.3 Å². The molecule has 2 aromatic heterocycles. The summed E-state index contributed by atoms with van der Waals surface area (Å²) in [5.74, 6) is 0.472. The monoisotopic (exact) mass is 481 g/mol. The summed E-state index contributed by atoms with van der Waals surface area (Å²) in [4.78, 5) is 5.82. The van der Waals surface area contributed by atoms with Crippen LogP contribution in [-0.2, 0) is 13.0 Å². The van der Waals surface area contributed by atoms with Gasteiger partial charge in [-0.25, -0.2) is 9.67 Å². The SMILES string of the molecule is Cc1cc(C)n(-c2ccccc2CN=C(N)NCCc2cccs2)n1.I. The topological polar surface area (TPSA) is 68.2 Å². The number of benzene rings is 1. The Morgan fingerprint density at radius 1 is 1.23 bits per heavy atom. The first-order chi connectivity index (χ1) is 12.1. The zero-order chi connectivity index (χ0) is 17.6. The second-order valence-electron chi connectivity index (χ2n) is 5.93. The van der Waals surface area contributed by atoms with Crippen molar-refractivity contribution in [3.8, 4) is 5.69 Å². The Bertz CT molecular complexity index is 855. The molecule has 0 saturated heterocycles. The lowest BCUT2D eigenvalue weighted by molar-refractivity contribution is 0.814. The lowest BCUT2D eigenvalue weighted by atomic mass is 10.2. The number of hydrogen-bond acceptors (Lipinski definition) is 3. The van der Waals surface area contributed by atoms with Crippen LogP contribution >= 0.6 is 35.3 Å². The number of nitrogens with one attached hydrogen (secondary N) is 1. The first kappa shape index (κ1) is 20.4. The number of hydrogen-bond donors (Lipinski definition) is 2. The highest BCUT2D eigenvalue weighted by Crippen LogP contribution is 2.17. The largest absolute Gasteiger partial charge is 0.370 e. The summed E-state index contributed by atoms with van der Waals surface area (Å²) in [5, 5.41) is 9.83. The highest BCUT2D eigenvalue weighted by molar-refractivity contribution is 14.0. The van der Waals surface area contributed by atoms with E-state index in [1.165, 1.54) is 4.88 Å². The molecule has 3 rings (SSSR count). The Balaban J connectivity index is 0.00000243. The van der Waals surface area contributed by atoms with E-state index in [-0.39, 0.29) is 24.0 Å². The van der Waals surface area contributed by atoms with Crippen LogP contribution in [0.15, 0.2) is 52.8 Å². The van der Waals surface area contributed by atoms with E-state index < -0.39 is 0 Å². The van der Waals surface area contributed by atoms with Crippen molar-refractivity contribution in [2.24, 2.45) is 10.7 Å². The Morgan fingerprint density at radius 3 is 2.73 bits per heavy atom. The van der Waals surface area contributed by atoms with E-state index in [2.05, 4.69) is 58.0 Å². The molecule has 0 spiro atoms. The molecule has 0 saturated carbocycles. The average Bonchev–Trinajstić information content (AvgIpc) is 3.22. The summed E-state index contributed by atoms with van der Waals surface area (Å²) in [7, 11) is 0. The van der Waals surface area contributed by atoms with Crippen LogP contribution in [0.1, 0.15) is 21.8 Å². The third kappa shape index (κ3) is 5.31. The lowest BCUT2D eigenvalue weighted by Crippen LogP contribution is -2.33. The van der Waals surface area contributed by atoms with Gasteiger partial charge in [-0.05, 0) is 49.4 Å². The minimum atomic E-state index is 0. The van der Waals surface area contributed by atoms with Crippen LogP contribution < -0.4 is 11.1 Å². The molecule has 7 heteroatoms. The van der Waals surface area contributed by atoms with Gasteiger partial charge in [0.15, 0.2) is 5.96 Å². The van der Waals surface area contributed by atoms with Gasteiger partial charge in [0, 0.05) is 17.1 Å². The number of aromatic nitrogens is 2. The van der Waals surface area contributed by atoms with Gasteiger partial charge in [0.2, 0.25) is 0 Å². The summed E-state index contributed by atoms with van der Waals surface area (Å²) in [5.41, 5.74) is 10.3. The van der Waals surface area contributed by atoms with Gasteiger partial charge >= 0.3 is 0 Å². The Hall–Kier alpha value is -1.87. The Morgan fingerprint density at radius 2 is 2.04 bits per heavy atom. The first-order valence-electron chi connectivity index (χ1n) is 8.31. The summed E-state index contributed by atoms with van der Waals surface area (Å²) < 4.78 is 1.96. The van der Waals surface area contributed by atoms with Gasteiger partial charge in [-0.2, -0.15) is 5.10 Å². The van der Waals surface area contributed by atoms with Crippen molar-refractivity contribution in [3.05, 3.63) is 69.7 Å². The summed E-state index contributed by atoms with van der Waals surface area (Å²) in [6.07, 6.45) is 0.955. The number of aliphatic imine (C=N–C) groups is 1. The van der Waals surface area contributed by atoms with Gasteiger partial charge in [-0.3, -0.25) is 0 Å². The molecule has 0 amide bonds. The molecule has 1 aromatic carbocycles. The number of para-hydroxylation sites is 1. The molecule has 0 aliphatic heterocycles. The fourth-order valence-electron chi connectivity index (χ4n) is 2.72. The van der Waals surface area contributed by atoms with Crippen molar-refractivity contribution in [1.29, 1.82) is 0 Å². The number of aryl methyl sites for hydroxylation is 2. The average molecular weight is 481 g/mol. The molecule has 5 nitrogen and oxygen atoms in total. The smallest absolute Gasteiger partial charge is 0.188 e. The predicted octanol–water partition coefficient (Wildman–Crippen LogP) is 3.82. The molecule has 0 bridgehead atoms. The standard InChI is InChI=1S/C19H23N5S.HI/c1-14-12-15(2)24(23-14)18-8-4-3-6-16(18)13-22-19(20)21-10-9-17-7-5-11-25-17;/h3-8,11-12H,9-10,13H2,1-2H3,(H3,20,21,22);1H. The molecule has 0 radical (unpaired) electrons. The molecule has 2 heterocycles. The van der Waals surface area contributed by atoms with E-state index in [0.29, 0.717) is 12.5 Å². The Labute approximate surface area is 175 Å². The molecule has 0 fully saturated rings. The van der Waals surface area contributed by atoms with E-state index in [9.17, 15) is 0 Å². The van der Waals surface area contributed by atoms with E-state index in [0.717, 1.165) is 35.6 Å². The van der Waals surface area contributed by atoms with Gasteiger partial charge in [-0.1, -0.05) is 24.3 Å². The molecular formula is C19H24IN5S. The summed E-state index contributed by atoms with van der Waals surface area (Å²) in [6.45, 7) is 5.36. The number of thiophene rings is 1. The number of halogens is 1. The third-order valence-corrected chi connectivity index (χ3v) is 4.84. The number of rotatable bonds is 6. The lowest BCUT2D eigenvalue weighted by Gasteiger charge is -2.10. The van der Waals surface area contributed by atoms with Crippen molar-refractivity contribution in [2.45, 2.75) is 26.8 Å². The highest BCUT2D eigenvalue weighted by Gasteiger charge is 2.08. The zero-order valence-electron chi connectivity index (χ0n) is 15.0. The fraction of sp³-hybridized carbons (Fsp3) is 0.263. The van der Waals surface area contributed by atoms with Gasteiger partial charge in [0.05, 0.1) is 17.9 Å². The van der Waals surface area contributed by atoms with Crippen LogP contribution in [0.25, 0.3) is 5.69 Å². The molecule has 0 aliphatic rings. The van der Waals surface area contributed by atoms with Crippen LogP contribution in [0, 0.1) is 13.8 Å². The fourth-order valence-corrected chi connectivity index (χ4v) is 3.43. The molecular weight excluding hydrogens is 457 g/mol. The number of guanidine groups is 1. The van der Waals surface area contributed by atoms with Gasteiger partial charge in [0.25, 0.3) is 0 Å². The zero-order valence-corrected chi connectivity index (χ0v) is 18.1. The van der Waals surface area contributed by atoms with Crippen LogP contribution in [0.4, 0.5) is 0 Å². The van der Waals surface area contributed by atoms with Gasteiger partial charge < -0.3 is 11.1 Å². The van der Waals surface area contributed by atoms with Crippen molar-refractivity contribution >= 4 is 41.3 Å². The van der Waals surface area contributed by atoms with E-state index in [1.54, 1.807) is 11.3 Å². The minimum absolute atomic E-state index is 0. The number of nitrogens with two attached hydrogens (primary N) is 1.